The maximum atomic E-state index is 10.3. The summed E-state index contributed by atoms with van der Waals surface area (Å²) in [7, 11) is 1.59. The smallest absolute Gasteiger partial charge is 0.124 e. The molecule has 0 amide bonds. The van der Waals surface area contributed by atoms with Crippen molar-refractivity contribution >= 4 is 11.6 Å². The Bertz CT molecular complexity index is 389. The van der Waals surface area contributed by atoms with Crippen molar-refractivity contribution in [1.82, 2.24) is 0 Å². The van der Waals surface area contributed by atoms with Crippen LogP contribution in [0, 0.1) is 0 Å². The van der Waals surface area contributed by atoms with E-state index in [1.165, 1.54) is 6.42 Å². The minimum atomic E-state index is -0.596. The summed E-state index contributed by atoms with van der Waals surface area (Å²) in [5.41, 5.74) is 0.735. The summed E-state index contributed by atoms with van der Waals surface area (Å²) in [5.74, 6) is 0.669. The van der Waals surface area contributed by atoms with Crippen LogP contribution in [0.5, 0.6) is 5.75 Å². The molecule has 1 saturated heterocycles. The van der Waals surface area contributed by atoms with Crippen molar-refractivity contribution in [1.29, 1.82) is 0 Å². The Morgan fingerprint density at radius 2 is 2.33 bits per heavy atom. The summed E-state index contributed by atoms with van der Waals surface area (Å²) in [6.45, 7) is 0.796. The second-order valence-electron chi connectivity index (χ2n) is 4.63. The van der Waals surface area contributed by atoms with Crippen molar-refractivity contribution in [2.24, 2.45) is 0 Å². The fourth-order valence-electron chi connectivity index (χ4n) is 2.33. The predicted octanol–water partition coefficient (Wildman–Crippen LogP) is 3.34. The van der Waals surface area contributed by atoms with Crippen LogP contribution >= 0.6 is 11.6 Å². The Hall–Kier alpha value is -0.770. The van der Waals surface area contributed by atoms with E-state index < -0.39 is 6.10 Å². The lowest BCUT2D eigenvalue weighted by Gasteiger charge is -2.25. The monoisotopic (exact) mass is 270 g/mol. The van der Waals surface area contributed by atoms with Crippen LogP contribution in [0.25, 0.3) is 0 Å². The molecule has 1 fully saturated rings. The van der Waals surface area contributed by atoms with Gasteiger partial charge in [0.05, 0.1) is 19.3 Å². The molecule has 0 aromatic heterocycles. The van der Waals surface area contributed by atoms with Gasteiger partial charge in [0.25, 0.3) is 0 Å². The lowest BCUT2D eigenvalue weighted by atomic mass is 9.98. The zero-order valence-electron chi connectivity index (χ0n) is 10.6. The van der Waals surface area contributed by atoms with Gasteiger partial charge in [-0.2, -0.15) is 0 Å². The maximum absolute atomic E-state index is 10.3. The van der Waals surface area contributed by atoms with Crippen LogP contribution in [0.15, 0.2) is 18.2 Å². The van der Waals surface area contributed by atoms with Crippen molar-refractivity contribution in [3.63, 3.8) is 0 Å². The number of aliphatic hydroxyl groups is 1. The number of methoxy groups -OCH3 is 1. The third-order valence-corrected chi connectivity index (χ3v) is 3.55. The molecular formula is C14H19ClO3. The molecule has 1 N–H and O–H groups in total. The average molecular weight is 271 g/mol. The summed E-state index contributed by atoms with van der Waals surface area (Å²) in [5, 5.41) is 10.9. The largest absolute Gasteiger partial charge is 0.496 e. The van der Waals surface area contributed by atoms with Gasteiger partial charge >= 0.3 is 0 Å². The van der Waals surface area contributed by atoms with Gasteiger partial charge in [0.15, 0.2) is 0 Å². The highest BCUT2D eigenvalue weighted by molar-refractivity contribution is 6.30. The second kappa shape index (κ2) is 6.41. The highest BCUT2D eigenvalue weighted by atomic mass is 35.5. The fraction of sp³-hybridized carbons (Fsp3) is 0.571. The van der Waals surface area contributed by atoms with Gasteiger partial charge in [-0.25, -0.2) is 0 Å². The van der Waals surface area contributed by atoms with Crippen LogP contribution in [-0.2, 0) is 4.74 Å². The summed E-state index contributed by atoms with van der Waals surface area (Å²) in [6.07, 6.45) is 3.44. The molecule has 18 heavy (non-hydrogen) atoms. The first-order valence-electron chi connectivity index (χ1n) is 6.34. The van der Waals surface area contributed by atoms with E-state index in [-0.39, 0.29) is 6.10 Å². The summed E-state index contributed by atoms with van der Waals surface area (Å²) >= 11 is 5.96. The van der Waals surface area contributed by atoms with E-state index in [0.717, 1.165) is 25.0 Å². The van der Waals surface area contributed by atoms with Gasteiger partial charge in [0.2, 0.25) is 0 Å². The van der Waals surface area contributed by atoms with Crippen molar-refractivity contribution in [3.05, 3.63) is 28.8 Å². The molecule has 0 aliphatic carbocycles. The van der Waals surface area contributed by atoms with E-state index >= 15 is 0 Å². The van der Waals surface area contributed by atoms with E-state index in [2.05, 4.69) is 0 Å². The van der Waals surface area contributed by atoms with Gasteiger partial charge in [-0.3, -0.25) is 0 Å². The predicted molar refractivity (Wildman–Crippen MR) is 71.2 cm³/mol. The van der Waals surface area contributed by atoms with Crippen molar-refractivity contribution in [2.45, 2.75) is 37.9 Å². The first-order chi connectivity index (χ1) is 8.70. The van der Waals surface area contributed by atoms with Crippen LogP contribution in [0.3, 0.4) is 0 Å². The van der Waals surface area contributed by atoms with Gasteiger partial charge in [-0.05, 0) is 37.5 Å². The molecule has 1 aromatic carbocycles. The lowest BCUT2D eigenvalue weighted by molar-refractivity contribution is -0.0158. The van der Waals surface area contributed by atoms with E-state index in [1.807, 2.05) is 0 Å². The molecule has 4 heteroatoms. The van der Waals surface area contributed by atoms with Gasteiger partial charge < -0.3 is 14.6 Å². The number of benzene rings is 1. The fourth-order valence-corrected chi connectivity index (χ4v) is 2.52. The van der Waals surface area contributed by atoms with Crippen molar-refractivity contribution < 1.29 is 14.6 Å². The third kappa shape index (κ3) is 3.37. The Morgan fingerprint density at radius 1 is 1.50 bits per heavy atom. The van der Waals surface area contributed by atoms with E-state index in [0.29, 0.717) is 17.2 Å². The molecular weight excluding hydrogens is 252 g/mol. The van der Waals surface area contributed by atoms with Crippen molar-refractivity contribution in [3.8, 4) is 5.75 Å². The number of halogens is 1. The highest BCUT2D eigenvalue weighted by Gasteiger charge is 2.21. The quantitative estimate of drug-likeness (QED) is 0.912. The second-order valence-corrected chi connectivity index (χ2v) is 5.06. The molecule has 1 aliphatic rings. The summed E-state index contributed by atoms with van der Waals surface area (Å²) in [4.78, 5) is 0. The van der Waals surface area contributed by atoms with Crippen LogP contribution in [0.1, 0.15) is 37.4 Å². The number of aliphatic hydroxyl groups excluding tert-OH is 1. The van der Waals surface area contributed by atoms with Crippen LogP contribution in [0.4, 0.5) is 0 Å². The van der Waals surface area contributed by atoms with Gasteiger partial charge in [-0.15, -0.1) is 0 Å². The molecule has 1 aliphatic heterocycles. The number of rotatable bonds is 4. The van der Waals surface area contributed by atoms with Crippen LogP contribution in [0.2, 0.25) is 5.02 Å². The first-order valence-corrected chi connectivity index (χ1v) is 6.71. The highest BCUT2D eigenvalue weighted by Crippen LogP contribution is 2.32. The number of hydrogen-bond donors (Lipinski definition) is 1. The van der Waals surface area contributed by atoms with Crippen molar-refractivity contribution in [2.75, 3.05) is 13.7 Å². The minimum absolute atomic E-state index is 0.137. The molecule has 100 valence electrons. The van der Waals surface area contributed by atoms with E-state index in [4.69, 9.17) is 21.1 Å². The number of hydrogen-bond acceptors (Lipinski definition) is 3. The molecule has 2 unspecified atom stereocenters. The standard InChI is InChI=1S/C14H19ClO3/c1-17-14-6-5-10(15)8-12(14)13(16)9-11-4-2-3-7-18-11/h5-6,8,11,13,16H,2-4,7,9H2,1H3. The Kier molecular flexibility index (Phi) is 4.87. The minimum Gasteiger partial charge on any atom is -0.496 e. The van der Waals surface area contributed by atoms with Crippen LogP contribution in [-0.4, -0.2) is 24.9 Å². The zero-order valence-corrected chi connectivity index (χ0v) is 11.3. The molecule has 1 heterocycles. The summed E-state index contributed by atoms with van der Waals surface area (Å²) in [6, 6.07) is 5.30. The van der Waals surface area contributed by atoms with Crippen LogP contribution < -0.4 is 4.74 Å². The molecule has 0 spiro atoms. The molecule has 0 saturated carbocycles. The Balaban J connectivity index is 2.07. The molecule has 2 rings (SSSR count). The first kappa shape index (κ1) is 13.7. The zero-order chi connectivity index (χ0) is 13.0. The van der Waals surface area contributed by atoms with E-state index in [9.17, 15) is 5.11 Å². The molecule has 0 radical (unpaired) electrons. The Labute approximate surface area is 113 Å². The normalized spacial score (nSPS) is 21.6. The third-order valence-electron chi connectivity index (χ3n) is 3.31. The summed E-state index contributed by atoms with van der Waals surface area (Å²) < 4.78 is 10.9. The Morgan fingerprint density at radius 3 is 3.00 bits per heavy atom. The van der Waals surface area contributed by atoms with Gasteiger partial charge in [0, 0.05) is 23.6 Å². The lowest BCUT2D eigenvalue weighted by Crippen LogP contribution is -2.21. The maximum Gasteiger partial charge on any atom is 0.124 e. The molecule has 2 atom stereocenters. The molecule has 3 nitrogen and oxygen atoms in total. The van der Waals surface area contributed by atoms with E-state index in [1.54, 1.807) is 25.3 Å². The molecule has 0 bridgehead atoms. The van der Waals surface area contributed by atoms with Gasteiger partial charge in [0.1, 0.15) is 5.75 Å². The van der Waals surface area contributed by atoms with Gasteiger partial charge in [-0.1, -0.05) is 11.6 Å². The number of ether oxygens (including phenoxy) is 2. The molecule has 1 aromatic rings. The average Bonchev–Trinajstić information content (AvgIpc) is 2.40. The SMILES string of the molecule is COc1ccc(Cl)cc1C(O)CC1CCCCO1. The topological polar surface area (TPSA) is 38.7 Å².